The van der Waals surface area contributed by atoms with Crippen LogP contribution in [-0.4, -0.2) is 31.7 Å². The van der Waals surface area contributed by atoms with Crippen LogP contribution in [0.2, 0.25) is 0 Å². The lowest BCUT2D eigenvalue weighted by Gasteiger charge is -1.99. The molecule has 3 rings (SSSR count). The number of aromatic nitrogens is 4. The first kappa shape index (κ1) is 13.1. The van der Waals surface area contributed by atoms with Crippen molar-refractivity contribution in [2.45, 2.75) is 12.8 Å². The van der Waals surface area contributed by atoms with E-state index in [-0.39, 0.29) is 24.4 Å². The monoisotopic (exact) mass is 280 g/mol. The summed E-state index contributed by atoms with van der Waals surface area (Å²) in [5.74, 6) is -0.333. The zero-order valence-electron chi connectivity index (χ0n) is 11.1. The van der Waals surface area contributed by atoms with E-state index in [1.165, 1.54) is 18.6 Å². The van der Waals surface area contributed by atoms with Gasteiger partial charge in [-0.25, -0.2) is 9.97 Å². The number of carbonyl (C=O) groups excluding carboxylic acids is 2. The summed E-state index contributed by atoms with van der Waals surface area (Å²) in [6.45, 7) is 0. The van der Waals surface area contributed by atoms with Crippen molar-refractivity contribution >= 4 is 22.5 Å². The van der Waals surface area contributed by atoms with Crippen LogP contribution in [0.3, 0.4) is 0 Å². The molecule has 2 aromatic heterocycles. The molecule has 104 valence electrons. The van der Waals surface area contributed by atoms with Gasteiger partial charge in [-0.15, -0.1) is 0 Å². The average molecular weight is 280 g/mol. The molecule has 1 aromatic carbocycles. The van der Waals surface area contributed by atoms with Crippen molar-refractivity contribution < 1.29 is 9.59 Å². The summed E-state index contributed by atoms with van der Waals surface area (Å²) in [7, 11) is 0. The zero-order valence-corrected chi connectivity index (χ0v) is 11.1. The first-order chi connectivity index (χ1) is 10.3. The maximum Gasteiger partial charge on any atom is 0.184 e. The lowest BCUT2D eigenvalue weighted by atomic mass is 10.1. The molecule has 0 spiro atoms. The summed E-state index contributed by atoms with van der Waals surface area (Å²) in [5.41, 5.74) is 1.51. The molecule has 6 nitrogen and oxygen atoms in total. The van der Waals surface area contributed by atoms with E-state index in [0.717, 1.165) is 10.9 Å². The van der Waals surface area contributed by atoms with Gasteiger partial charge in [0.25, 0.3) is 0 Å². The first-order valence-corrected chi connectivity index (χ1v) is 6.51. The molecule has 0 saturated heterocycles. The number of para-hydroxylation sites is 1. The van der Waals surface area contributed by atoms with Crippen molar-refractivity contribution in [3.8, 4) is 0 Å². The van der Waals surface area contributed by atoms with E-state index >= 15 is 0 Å². The number of benzene rings is 1. The third-order valence-corrected chi connectivity index (χ3v) is 3.18. The van der Waals surface area contributed by atoms with E-state index in [0.29, 0.717) is 11.4 Å². The molecule has 0 bridgehead atoms. The predicted molar refractivity (Wildman–Crippen MR) is 76.0 cm³/mol. The van der Waals surface area contributed by atoms with Crippen molar-refractivity contribution in [1.82, 2.24) is 20.2 Å². The highest BCUT2D eigenvalue weighted by molar-refractivity contribution is 6.07. The van der Waals surface area contributed by atoms with Crippen LogP contribution in [0.15, 0.2) is 42.9 Å². The lowest BCUT2D eigenvalue weighted by Crippen LogP contribution is -2.07. The Morgan fingerprint density at radius 1 is 1.05 bits per heavy atom. The van der Waals surface area contributed by atoms with Gasteiger partial charge in [0.1, 0.15) is 17.7 Å². The smallest absolute Gasteiger partial charge is 0.184 e. The fourth-order valence-corrected chi connectivity index (χ4v) is 2.11. The minimum absolute atomic E-state index is 0.108. The first-order valence-electron chi connectivity index (χ1n) is 6.51. The van der Waals surface area contributed by atoms with Gasteiger partial charge in [-0.3, -0.25) is 14.7 Å². The lowest BCUT2D eigenvalue weighted by molar-refractivity contribution is 0.0913. The minimum atomic E-state index is -0.175. The number of nitrogens with zero attached hydrogens (tertiary/aromatic N) is 3. The third kappa shape index (κ3) is 2.69. The van der Waals surface area contributed by atoms with E-state index in [1.807, 2.05) is 24.3 Å². The van der Waals surface area contributed by atoms with Crippen LogP contribution >= 0.6 is 0 Å². The molecule has 0 saturated carbocycles. The van der Waals surface area contributed by atoms with Crippen LogP contribution in [-0.2, 0) is 0 Å². The molecular formula is C15H12N4O2. The van der Waals surface area contributed by atoms with Crippen LogP contribution in [0.4, 0.5) is 0 Å². The van der Waals surface area contributed by atoms with Crippen molar-refractivity contribution in [3.63, 3.8) is 0 Å². The van der Waals surface area contributed by atoms with Gasteiger partial charge in [0, 0.05) is 24.4 Å². The van der Waals surface area contributed by atoms with Gasteiger partial charge in [0.2, 0.25) is 0 Å². The Balaban J connectivity index is 1.71. The highest BCUT2D eigenvalue weighted by atomic mass is 16.1. The molecule has 0 atom stereocenters. The molecule has 2 heterocycles. The number of nitrogens with one attached hydrogen (secondary N) is 1. The van der Waals surface area contributed by atoms with Gasteiger partial charge in [-0.2, -0.15) is 5.10 Å². The quantitative estimate of drug-likeness (QED) is 0.724. The summed E-state index contributed by atoms with van der Waals surface area (Å²) < 4.78 is 0. The molecule has 0 unspecified atom stereocenters. The molecule has 0 aliphatic heterocycles. The second kappa shape index (κ2) is 5.62. The van der Waals surface area contributed by atoms with Gasteiger partial charge < -0.3 is 0 Å². The number of ketones is 2. The number of hydrogen-bond acceptors (Lipinski definition) is 5. The average Bonchev–Trinajstić information content (AvgIpc) is 2.97. The van der Waals surface area contributed by atoms with Crippen molar-refractivity contribution in [2.24, 2.45) is 0 Å². The van der Waals surface area contributed by atoms with E-state index in [2.05, 4.69) is 20.2 Å². The molecule has 3 aromatic rings. The largest absolute Gasteiger partial charge is 0.292 e. The normalized spacial score (nSPS) is 10.7. The molecule has 21 heavy (non-hydrogen) atoms. The molecule has 0 fully saturated rings. The van der Waals surface area contributed by atoms with Crippen LogP contribution in [0.25, 0.3) is 10.9 Å². The van der Waals surface area contributed by atoms with Crippen LogP contribution in [0.5, 0.6) is 0 Å². The van der Waals surface area contributed by atoms with Crippen molar-refractivity contribution in [2.75, 3.05) is 0 Å². The highest BCUT2D eigenvalue weighted by Gasteiger charge is 2.16. The van der Waals surface area contributed by atoms with Crippen molar-refractivity contribution in [3.05, 3.63) is 54.2 Å². The summed E-state index contributed by atoms with van der Waals surface area (Å²) in [6, 6.07) is 8.94. The number of fused-ring (bicyclic) bond motifs is 1. The van der Waals surface area contributed by atoms with Gasteiger partial charge >= 0.3 is 0 Å². The summed E-state index contributed by atoms with van der Waals surface area (Å²) in [5, 5.41) is 7.62. The Hall–Kier alpha value is -2.89. The minimum Gasteiger partial charge on any atom is -0.292 e. The van der Waals surface area contributed by atoms with Crippen LogP contribution in [0, 0.1) is 0 Å². The molecule has 0 amide bonds. The van der Waals surface area contributed by atoms with Gasteiger partial charge in [-0.05, 0) is 12.1 Å². The van der Waals surface area contributed by atoms with Gasteiger partial charge in [0.05, 0.1) is 5.52 Å². The SMILES string of the molecule is O=C(CCC(=O)c1n[nH]c2ccccc12)c1ccncn1. The predicted octanol–water partition coefficient (Wildman–Crippen LogP) is 2.20. The summed E-state index contributed by atoms with van der Waals surface area (Å²) in [4.78, 5) is 31.7. The van der Waals surface area contributed by atoms with E-state index < -0.39 is 0 Å². The number of aromatic amines is 1. The molecule has 1 N–H and O–H groups in total. The van der Waals surface area contributed by atoms with Crippen molar-refractivity contribution in [1.29, 1.82) is 0 Å². The second-order valence-electron chi connectivity index (χ2n) is 4.56. The van der Waals surface area contributed by atoms with E-state index in [4.69, 9.17) is 0 Å². The molecular weight excluding hydrogens is 268 g/mol. The topological polar surface area (TPSA) is 88.6 Å². The van der Waals surface area contributed by atoms with Crippen LogP contribution in [0.1, 0.15) is 33.8 Å². The summed E-state index contributed by atoms with van der Waals surface area (Å²) in [6.07, 6.45) is 3.04. The standard InChI is InChI=1S/C15H12N4O2/c20-13(12-7-8-16-9-17-12)5-6-14(21)15-10-3-1-2-4-11(10)18-19-15/h1-4,7-9H,5-6H2,(H,18,19). The van der Waals surface area contributed by atoms with Gasteiger partial charge in [-0.1, -0.05) is 18.2 Å². The maximum atomic E-state index is 12.2. The number of hydrogen-bond donors (Lipinski definition) is 1. The van der Waals surface area contributed by atoms with Gasteiger partial charge in [0.15, 0.2) is 11.6 Å². The molecule has 0 radical (unpaired) electrons. The fraction of sp³-hybridized carbons (Fsp3) is 0.133. The zero-order chi connectivity index (χ0) is 14.7. The Morgan fingerprint density at radius 3 is 2.67 bits per heavy atom. The summed E-state index contributed by atoms with van der Waals surface area (Å²) >= 11 is 0. The van der Waals surface area contributed by atoms with E-state index in [1.54, 1.807) is 0 Å². The number of Topliss-reactive ketones (excluding diaryl/α,β-unsaturated/α-hetero) is 2. The number of H-pyrrole nitrogens is 1. The molecule has 0 aliphatic rings. The van der Waals surface area contributed by atoms with E-state index in [9.17, 15) is 9.59 Å². The second-order valence-corrected chi connectivity index (χ2v) is 4.56. The third-order valence-electron chi connectivity index (χ3n) is 3.18. The molecule has 0 aliphatic carbocycles. The Morgan fingerprint density at radius 2 is 1.86 bits per heavy atom. The Labute approximate surface area is 120 Å². The molecule has 6 heteroatoms. The number of carbonyl (C=O) groups is 2. The maximum absolute atomic E-state index is 12.2. The van der Waals surface area contributed by atoms with Crippen LogP contribution < -0.4 is 0 Å². The Kier molecular flexibility index (Phi) is 3.51. The fourth-order valence-electron chi connectivity index (χ4n) is 2.11. The number of rotatable bonds is 5. The Bertz CT molecular complexity index is 796. The highest BCUT2D eigenvalue weighted by Crippen LogP contribution is 2.17.